The van der Waals surface area contributed by atoms with E-state index in [-0.39, 0.29) is 22.0 Å². The zero-order valence-corrected chi connectivity index (χ0v) is 12.3. The van der Waals surface area contributed by atoms with Gasteiger partial charge in [0.15, 0.2) is 0 Å². The van der Waals surface area contributed by atoms with Crippen LogP contribution in [0.4, 0.5) is 0 Å². The molecule has 0 saturated heterocycles. The van der Waals surface area contributed by atoms with Gasteiger partial charge in [0, 0.05) is 6.54 Å². The van der Waals surface area contributed by atoms with Gasteiger partial charge in [-0.05, 0) is 37.0 Å². The summed E-state index contributed by atoms with van der Waals surface area (Å²) >= 11 is 5.89. The van der Waals surface area contributed by atoms with E-state index in [1.165, 1.54) is 22.5 Å². The molecule has 0 N–H and O–H groups in total. The van der Waals surface area contributed by atoms with Crippen LogP contribution in [0.25, 0.3) is 0 Å². The minimum absolute atomic E-state index is 0.0381. The van der Waals surface area contributed by atoms with Gasteiger partial charge in [0.2, 0.25) is 10.0 Å². The Morgan fingerprint density at radius 3 is 2.65 bits per heavy atom. The van der Waals surface area contributed by atoms with Gasteiger partial charge in [0.1, 0.15) is 6.07 Å². The maximum atomic E-state index is 12.5. The monoisotopic (exact) mass is 308 g/mol. The van der Waals surface area contributed by atoms with E-state index in [0.29, 0.717) is 12.5 Å². The minimum Gasteiger partial charge on any atom is -0.207 e. The van der Waals surface area contributed by atoms with Crippen molar-refractivity contribution in [2.24, 2.45) is 5.92 Å². The van der Waals surface area contributed by atoms with Gasteiger partial charge in [-0.2, -0.15) is 9.57 Å². The van der Waals surface area contributed by atoms with Crippen molar-refractivity contribution in [1.82, 2.24) is 4.31 Å². The van der Waals surface area contributed by atoms with Gasteiger partial charge < -0.3 is 0 Å². The molecule has 0 bridgehead atoms. The third kappa shape index (κ3) is 3.13. The largest absolute Gasteiger partial charge is 0.244 e. The topological polar surface area (TPSA) is 61.2 Å². The maximum Gasteiger partial charge on any atom is 0.244 e. The standard InChI is InChI=1S/C14H13ClN2O2S/c1-2-7-17(10-11-3-4-11)20(18,19)13-6-5-12(9-16)14(15)8-13/h1,5-6,8,11H,3-4,7,10H2. The van der Waals surface area contributed by atoms with Crippen LogP contribution in [0.1, 0.15) is 18.4 Å². The molecule has 0 aliphatic heterocycles. The molecule has 20 heavy (non-hydrogen) atoms. The second-order valence-electron chi connectivity index (χ2n) is 4.70. The zero-order chi connectivity index (χ0) is 14.8. The first-order chi connectivity index (χ1) is 9.48. The van der Waals surface area contributed by atoms with Crippen molar-refractivity contribution in [2.45, 2.75) is 17.7 Å². The van der Waals surface area contributed by atoms with Gasteiger partial charge in [0.25, 0.3) is 0 Å². The van der Waals surface area contributed by atoms with E-state index >= 15 is 0 Å². The highest BCUT2D eigenvalue weighted by Gasteiger charge is 2.31. The molecule has 0 radical (unpaired) electrons. The van der Waals surface area contributed by atoms with Crippen molar-refractivity contribution in [3.63, 3.8) is 0 Å². The lowest BCUT2D eigenvalue weighted by Crippen LogP contribution is -2.33. The average Bonchev–Trinajstić information content (AvgIpc) is 3.22. The Bertz CT molecular complexity index is 697. The summed E-state index contributed by atoms with van der Waals surface area (Å²) in [5.74, 6) is 2.77. The van der Waals surface area contributed by atoms with E-state index in [4.69, 9.17) is 23.3 Å². The molecule has 6 heteroatoms. The number of sulfonamides is 1. The van der Waals surface area contributed by atoms with E-state index in [9.17, 15) is 8.42 Å². The number of benzene rings is 1. The molecule has 104 valence electrons. The Hall–Kier alpha value is -1.53. The van der Waals surface area contributed by atoms with Gasteiger partial charge in [0.05, 0.1) is 22.0 Å². The summed E-state index contributed by atoms with van der Waals surface area (Å²) in [6.45, 7) is 0.473. The van der Waals surface area contributed by atoms with Crippen LogP contribution in [-0.2, 0) is 10.0 Å². The van der Waals surface area contributed by atoms with Crippen molar-refractivity contribution >= 4 is 21.6 Å². The number of hydrogen-bond acceptors (Lipinski definition) is 3. The molecule has 0 heterocycles. The van der Waals surface area contributed by atoms with Crippen LogP contribution in [0.2, 0.25) is 5.02 Å². The molecule has 0 atom stereocenters. The van der Waals surface area contributed by atoms with Crippen LogP contribution in [-0.4, -0.2) is 25.8 Å². The number of hydrogen-bond donors (Lipinski definition) is 0. The number of nitrogens with zero attached hydrogens (tertiary/aromatic N) is 2. The van der Waals surface area contributed by atoms with E-state index in [0.717, 1.165) is 12.8 Å². The third-order valence-electron chi connectivity index (χ3n) is 3.13. The van der Waals surface area contributed by atoms with Crippen molar-refractivity contribution in [2.75, 3.05) is 13.1 Å². The first-order valence-electron chi connectivity index (χ1n) is 6.12. The Labute approximate surface area is 124 Å². The molecule has 0 unspecified atom stereocenters. The lowest BCUT2D eigenvalue weighted by molar-refractivity contribution is 0.430. The molecule has 4 nitrogen and oxygen atoms in total. The average molecular weight is 309 g/mol. The lowest BCUT2D eigenvalue weighted by Gasteiger charge is -2.19. The van der Waals surface area contributed by atoms with Crippen molar-refractivity contribution < 1.29 is 8.42 Å². The molecule has 0 amide bonds. The zero-order valence-electron chi connectivity index (χ0n) is 10.7. The fourth-order valence-corrected chi connectivity index (χ4v) is 3.58. The quantitative estimate of drug-likeness (QED) is 0.784. The van der Waals surface area contributed by atoms with Crippen LogP contribution in [0.3, 0.4) is 0 Å². The molecule has 1 saturated carbocycles. The van der Waals surface area contributed by atoms with Gasteiger partial charge in [-0.15, -0.1) is 6.42 Å². The summed E-state index contributed by atoms with van der Waals surface area (Å²) in [6.07, 6.45) is 7.32. The Morgan fingerprint density at radius 1 is 1.45 bits per heavy atom. The molecule has 0 aromatic heterocycles. The smallest absolute Gasteiger partial charge is 0.207 e. The summed E-state index contributed by atoms with van der Waals surface area (Å²) in [6, 6.07) is 5.98. The lowest BCUT2D eigenvalue weighted by atomic mass is 10.2. The van der Waals surface area contributed by atoms with E-state index in [1.54, 1.807) is 0 Å². The summed E-state index contributed by atoms with van der Waals surface area (Å²) in [5.41, 5.74) is 0.247. The van der Waals surface area contributed by atoms with Crippen LogP contribution >= 0.6 is 11.6 Å². The summed E-state index contributed by atoms with van der Waals surface area (Å²) in [7, 11) is -3.67. The second kappa shape index (κ2) is 5.85. The van der Waals surface area contributed by atoms with Gasteiger partial charge in [-0.1, -0.05) is 17.5 Å². The fraction of sp³-hybridized carbons (Fsp3) is 0.357. The highest BCUT2D eigenvalue weighted by Crippen LogP contribution is 2.32. The molecule has 2 rings (SSSR count). The SMILES string of the molecule is C#CCN(CC1CC1)S(=O)(=O)c1ccc(C#N)c(Cl)c1. The predicted octanol–water partition coefficient (Wildman–Crippen LogP) is 2.25. The molecular weight excluding hydrogens is 296 g/mol. The van der Waals surface area contributed by atoms with Gasteiger partial charge in [-0.3, -0.25) is 0 Å². The first kappa shape index (κ1) is 14.9. The molecule has 1 fully saturated rings. The normalized spacial score (nSPS) is 14.8. The highest BCUT2D eigenvalue weighted by molar-refractivity contribution is 7.89. The highest BCUT2D eigenvalue weighted by atomic mass is 35.5. The van der Waals surface area contributed by atoms with E-state index in [1.807, 2.05) is 6.07 Å². The van der Waals surface area contributed by atoms with Crippen molar-refractivity contribution in [3.8, 4) is 18.4 Å². The first-order valence-corrected chi connectivity index (χ1v) is 7.94. The molecule has 1 aromatic rings. The molecule has 1 aromatic carbocycles. The minimum atomic E-state index is -3.67. The maximum absolute atomic E-state index is 12.5. The van der Waals surface area contributed by atoms with Crippen LogP contribution in [0, 0.1) is 29.6 Å². The van der Waals surface area contributed by atoms with Crippen LogP contribution < -0.4 is 0 Å². The van der Waals surface area contributed by atoms with Crippen molar-refractivity contribution in [3.05, 3.63) is 28.8 Å². The Balaban J connectivity index is 2.34. The fourth-order valence-electron chi connectivity index (χ4n) is 1.83. The summed E-state index contributed by atoms with van der Waals surface area (Å²) in [4.78, 5) is 0.0670. The van der Waals surface area contributed by atoms with Crippen LogP contribution in [0.5, 0.6) is 0 Å². The van der Waals surface area contributed by atoms with Crippen LogP contribution in [0.15, 0.2) is 23.1 Å². The summed E-state index contributed by atoms with van der Waals surface area (Å²) in [5, 5.41) is 8.94. The van der Waals surface area contributed by atoms with Gasteiger partial charge >= 0.3 is 0 Å². The number of nitriles is 1. The predicted molar refractivity (Wildman–Crippen MR) is 76.5 cm³/mol. The third-order valence-corrected chi connectivity index (χ3v) is 5.25. The molecular formula is C14H13ClN2O2S. The Kier molecular flexibility index (Phi) is 4.35. The van der Waals surface area contributed by atoms with E-state index < -0.39 is 10.0 Å². The molecule has 1 aliphatic carbocycles. The number of halogens is 1. The Morgan fingerprint density at radius 2 is 2.15 bits per heavy atom. The number of terminal acetylenes is 1. The molecule has 1 aliphatic rings. The van der Waals surface area contributed by atoms with Gasteiger partial charge in [-0.25, -0.2) is 8.42 Å². The molecule has 0 spiro atoms. The van der Waals surface area contributed by atoms with Crippen molar-refractivity contribution in [1.29, 1.82) is 5.26 Å². The number of rotatable bonds is 5. The van der Waals surface area contributed by atoms with E-state index in [2.05, 4.69) is 5.92 Å². The second-order valence-corrected chi connectivity index (χ2v) is 7.04. The summed E-state index contributed by atoms with van der Waals surface area (Å²) < 4.78 is 26.3.